The maximum absolute atomic E-state index is 12.1. The fraction of sp³-hybridized carbons (Fsp3) is 0.263. The zero-order valence-corrected chi connectivity index (χ0v) is 14.3. The average molecular weight is 356 g/mol. The molecule has 1 aliphatic rings. The highest BCUT2D eigenvalue weighted by Gasteiger charge is 2.21. The summed E-state index contributed by atoms with van der Waals surface area (Å²) in [5, 5.41) is 14.5. The van der Waals surface area contributed by atoms with Crippen LogP contribution in [-0.4, -0.2) is 36.9 Å². The second-order valence-corrected chi connectivity index (χ2v) is 6.01. The van der Waals surface area contributed by atoms with Gasteiger partial charge in [-0.15, -0.1) is 0 Å². The third-order valence-electron chi connectivity index (χ3n) is 4.17. The van der Waals surface area contributed by atoms with Crippen molar-refractivity contribution in [3.05, 3.63) is 59.2 Å². The lowest BCUT2D eigenvalue weighted by Crippen LogP contribution is -2.47. The fourth-order valence-corrected chi connectivity index (χ4v) is 2.76. The number of hydrogen-bond acceptors (Lipinski definition) is 4. The highest BCUT2D eigenvalue weighted by atomic mass is 16.5. The summed E-state index contributed by atoms with van der Waals surface area (Å²) in [5.41, 5.74) is 2.06. The predicted molar refractivity (Wildman–Crippen MR) is 94.8 cm³/mol. The van der Waals surface area contributed by atoms with Gasteiger partial charge in [0.1, 0.15) is 18.1 Å². The summed E-state index contributed by atoms with van der Waals surface area (Å²) in [6, 6.07) is 11.6. The van der Waals surface area contributed by atoms with E-state index in [1.54, 1.807) is 19.2 Å². The van der Waals surface area contributed by atoms with Gasteiger partial charge >= 0.3 is 12.0 Å². The number of carboxylic acids is 1. The molecular weight excluding hydrogens is 336 g/mol. The van der Waals surface area contributed by atoms with Crippen molar-refractivity contribution in [1.29, 1.82) is 0 Å². The van der Waals surface area contributed by atoms with E-state index in [0.717, 1.165) is 22.6 Å². The number of carbonyl (C=O) groups excluding carboxylic acids is 1. The molecule has 0 aromatic heterocycles. The fourth-order valence-electron chi connectivity index (χ4n) is 2.76. The molecule has 0 saturated heterocycles. The molecule has 2 amide bonds. The Labute approximate surface area is 150 Å². The Bertz CT molecular complexity index is 804. The second kappa shape index (κ2) is 7.77. The number of rotatable bonds is 5. The van der Waals surface area contributed by atoms with E-state index in [1.807, 2.05) is 18.2 Å². The monoisotopic (exact) mass is 356 g/mol. The van der Waals surface area contributed by atoms with Crippen molar-refractivity contribution in [1.82, 2.24) is 10.6 Å². The summed E-state index contributed by atoms with van der Waals surface area (Å²) in [5.74, 6) is 0.542. The van der Waals surface area contributed by atoms with E-state index in [0.29, 0.717) is 19.6 Å². The Kier molecular flexibility index (Phi) is 5.26. The number of amides is 2. The van der Waals surface area contributed by atoms with Crippen LogP contribution in [0.15, 0.2) is 42.5 Å². The van der Waals surface area contributed by atoms with E-state index in [9.17, 15) is 9.59 Å². The molecule has 2 aromatic carbocycles. The smallest absolute Gasteiger partial charge is 0.335 e. The second-order valence-electron chi connectivity index (χ2n) is 6.01. The van der Waals surface area contributed by atoms with Crippen LogP contribution < -0.4 is 20.1 Å². The summed E-state index contributed by atoms with van der Waals surface area (Å²) in [4.78, 5) is 22.9. The van der Waals surface area contributed by atoms with Crippen LogP contribution in [0.25, 0.3) is 0 Å². The van der Waals surface area contributed by atoms with Crippen LogP contribution in [0.5, 0.6) is 11.5 Å². The van der Waals surface area contributed by atoms with E-state index < -0.39 is 5.97 Å². The minimum absolute atomic E-state index is 0.120. The van der Waals surface area contributed by atoms with Crippen LogP contribution in [-0.2, 0) is 13.0 Å². The van der Waals surface area contributed by atoms with Crippen LogP contribution in [0.2, 0.25) is 0 Å². The molecule has 0 spiro atoms. The highest BCUT2D eigenvalue weighted by molar-refractivity contribution is 5.87. The molecule has 26 heavy (non-hydrogen) atoms. The summed E-state index contributed by atoms with van der Waals surface area (Å²) < 4.78 is 10.9. The third kappa shape index (κ3) is 4.24. The summed E-state index contributed by atoms with van der Waals surface area (Å²) in [7, 11) is 1.61. The van der Waals surface area contributed by atoms with Gasteiger partial charge in [-0.1, -0.05) is 18.2 Å². The Morgan fingerprint density at radius 3 is 2.69 bits per heavy atom. The molecule has 136 valence electrons. The first-order valence-electron chi connectivity index (χ1n) is 8.21. The quantitative estimate of drug-likeness (QED) is 0.763. The molecule has 1 heterocycles. The zero-order valence-electron chi connectivity index (χ0n) is 14.3. The first kappa shape index (κ1) is 17.6. The first-order chi connectivity index (χ1) is 12.5. The molecule has 2 aromatic rings. The number of aromatic carboxylic acids is 1. The molecule has 0 aliphatic carbocycles. The maximum atomic E-state index is 12.1. The van der Waals surface area contributed by atoms with Gasteiger partial charge in [-0.3, -0.25) is 0 Å². The zero-order chi connectivity index (χ0) is 18.5. The number of hydrogen-bond donors (Lipinski definition) is 3. The molecule has 0 fully saturated rings. The Hall–Kier alpha value is -3.22. The van der Waals surface area contributed by atoms with E-state index in [2.05, 4.69) is 10.6 Å². The standard InChI is InChI=1S/C19H20N2O5/c1-25-16-7-6-14-8-15(11-26-17(14)9-16)21-19(24)20-10-12-2-4-13(5-3-12)18(22)23/h2-7,9,15H,8,10-11H2,1H3,(H,22,23)(H2,20,21,24). The Morgan fingerprint density at radius 2 is 2.00 bits per heavy atom. The van der Waals surface area contributed by atoms with E-state index in [1.165, 1.54) is 12.1 Å². The molecule has 3 N–H and O–H groups in total. The Morgan fingerprint density at radius 1 is 1.23 bits per heavy atom. The van der Waals surface area contributed by atoms with Crippen LogP contribution in [0.3, 0.4) is 0 Å². The van der Waals surface area contributed by atoms with Gasteiger partial charge in [0.25, 0.3) is 0 Å². The van der Waals surface area contributed by atoms with Gasteiger partial charge in [-0.05, 0) is 35.7 Å². The molecular formula is C19H20N2O5. The largest absolute Gasteiger partial charge is 0.497 e. The van der Waals surface area contributed by atoms with Gasteiger partial charge in [0, 0.05) is 12.6 Å². The number of methoxy groups -OCH3 is 1. The Balaban J connectivity index is 1.50. The summed E-state index contributed by atoms with van der Waals surface area (Å²) in [6.45, 7) is 0.702. The molecule has 0 bridgehead atoms. The molecule has 1 unspecified atom stereocenters. The third-order valence-corrected chi connectivity index (χ3v) is 4.17. The minimum atomic E-state index is -0.975. The molecule has 1 atom stereocenters. The molecule has 0 saturated carbocycles. The van der Waals surface area contributed by atoms with Crippen molar-refractivity contribution in [3.63, 3.8) is 0 Å². The average Bonchev–Trinajstić information content (AvgIpc) is 2.66. The van der Waals surface area contributed by atoms with E-state index >= 15 is 0 Å². The number of nitrogens with one attached hydrogen (secondary N) is 2. The lowest BCUT2D eigenvalue weighted by atomic mass is 10.0. The molecule has 7 heteroatoms. The van der Waals surface area contributed by atoms with Crippen LogP contribution in [0.4, 0.5) is 4.79 Å². The van der Waals surface area contributed by atoms with Gasteiger partial charge < -0.3 is 25.2 Å². The first-order valence-corrected chi connectivity index (χ1v) is 8.21. The molecule has 0 radical (unpaired) electrons. The lowest BCUT2D eigenvalue weighted by Gasteiger charge is -2.26. The van der Waals surface area contributed by atoms with Gasteiger partial charge in [-0.25, -0.2) is 9.59 Å². The summed E-state index contributed by atoms with van der Waals surface area (Å²) >= 11 is 0. The minimum Gasteiger partial charge on any atom is -0.497 e. The van der Waals surface area contributed by atoms with E-state index in [-0.39, 0.29) is 17.6 Å². The van der Waals surface area contributed by atoms with Crippen molar-refractivity contribution in [2.24, 2.45) is 0 Å². The number of carbonyl (C=O) groups is 2. The van der Waals surface area contributed by atoms with Crippen molar-refractivity contribution < 1.29 is 24.2 Å². The van der Waals surface area contributed by atoms with Crippen molar-refractivity contribution in [3.8, 4) is 11.5 Å². The summed E-state index contributed by atoms with van der Waals surface area (Å²) in [6.07, 6.45) is 0.681. The van der Waals surface area contributed by atoms with Crippen molar-refractivity contribution in [2.45, 2.75) is 19.0 Å². The molecule has 1 aliphatic heterocycles. The number of carboxylic acid groups (broad SMARTS) is 1. The number of fused-ring (bicyclic) bond motifs is 1. The van der Waals surface area contributed by atoms with Crippen molar-refractivity contribution >= 4 is 12.0 Å². The SMILES string of the molecule is COc1ccc2c(c1)OCC(NC(=O)NCc1ccc(C(=O)O)cc1)C2. The number of ether oxygens (including phenoxy) is 2. The number of benzene rings is 2. The predicted octanol–water partition coefficient (Wildman–Crippen LogP) is 2.20. The van der Waals surface area contributed by atoms with Gasteiger partial charge in [0.2, 0.25) is 0 Å². The molecule has 7 nitrogen and oxygen atoms in total. The van der Waals surface area contributed by atoms with E-state index in [4.69, 9.17) is 14.6 Å². The van der Waals surface area contributed by atoms with Crippen molar-refractivity contribution in [2.75, 3.05) is 13.7 Å². The lowest BCUT2D eigenvalue weighted by molar-refractivity contribution is 0.0697. The topological polar surface area (TPSA) is 96.9 Å². The number of urea groups is 1. The highest BCUT2D eigenvalue weighted by Crippen LogP contribution is 2.28. The van der Waals surface area contributed by atoms with Crippen LogP contribution >= 0.6 is 0 Å². The van der Waals surface area contributed by atoms with Gasteiger partial charge in [0.15, 0.2) is 0 Å². The maximum Gasteiger partial charge on any atom is 0.335 e. The van der Waals surface area contributed by atoms with Gasteiger partial charge in [0.05, 0.1) is 18.7 Å². The van der Waals surface area contributed by atoms with Crippen LogP contribution in [0, 0.1) is 0 Å². The van der Waals surface area contributed by atoms with Crippen LogP contribution in [0.1, 0.15) is 21.5 Å². The molecule has 3 rings (SSSR count). The normalized spacial score (nSPS) is 15.3. The van der Waals surface area contributed by atoms with Gasteiger partial charge in [-0.2, -0.15) is 0 Å².